The van der Waals surface area contributed by atoms with Crippen LogP contribution in [0.1, 0.15) is 11.1 Å². The molecule has 0 aliphatic rings. The van der Waals surface area contributed by atoms with E-state index in [2.05, 4.69) is 62.2 Å². The first-order valence-electron chi connectivity index (χ1n) is 4.91. The second kappa shape index (κ2) is 4.93. The van der Waals surface area contributed by atoms with Gasteiger partial charge in [0, 0.05) is 13.6 Å². The molecule has 5 heteroatoms. The monoisotopic (exact) mass is 297 g/mol. The van der Waals surface area contributed by atoms with Crippen molar-refractivity contribution in [3.63, 3.8) is 0 Å². The molecule has 1 heterocycles. The van der Waals surface area contributed by atoms with Crippen molar-refractivity contribution in [2.24, 2.45) is 0 Å². The Bertz CT molecular complexity index is 466. The Morgan fingerprint density at radius 3 is 2.50 bits per heavy atom. The van der Waals surface area contributed by atoms with Crippen molar-refractivity contribution in [1.82, 2.24) is 10.2 Å². The Balaban J connectivity index is 2.07. The summed E-state index contributed by atoms with van der Waals surface area (Å²) in [6, 6.07) is 8.53. The second-order valence-corrected chi connectivity index (χ2v) is 5.91. The molecule has 0 unspecified atom stereocenters. The Hall–Kier alpha value is -0.940. The molecular weight excluding hydrogens is 286 g/mol. The summed E-state index contributed by atoms with van der Waals surface area (Å²) < 4.78 is 0.818. The van der Waals surface area contributed by atoms with Gasteiger partial charge in [0.25, 0.3) is 0 Å². The Morgan fingerprint density at radius 1 is 1.25 bits per heavy atom. The number of halogens is 1. The highest BCUT2D eigenvalue weighted by Crippen LogP contribution is 2.24. The van der Waals surface area contributed by atoms with Crippen LogP contribution in [0.2, 0.25) is 0 Å². The zero-order valence-electron chi connectivity index (χ0n) is 9.14. The number of rotatable bonds is 3. The number of aromatic nitrogens is 2. The third-order valence-electron chi connectivity index (χ3n) is 2.26. The molecule has 0 atom stereocenters. The molecule has 0 saturated heterocycles. The predicted octanol–water partition coefficient (Wildman–Crippen LogP) is 3.25. The largest absolute Gasteiger partial charge is 0.345 e. The average Bonchev–Trinajstić information content (AvgIpc) is 2.68. The van der Waals surface area contributed by atoms with Crippen molar-refractivity contribution >= 4 is 32.4 Å². The van der Waals surface area contributed by atoms with E-state index in [0.29, 0.717) is 0 Å². The van der Waals surface area contributed by atoms with Gasteiger partial charge in [-0.3, -0.25) is 0 Å². The summed E-state index contributed by atoms with van der Waals surface area (Å²) in [5.74, 6) is 0. The molecule has 0 radical (unpaired) electrons. The highest BCUT2D eigenvalue weighted by molar-refractivity contribution is 9.11. The molecule has 0 amide bonds. The van der Waals surface area contributed by atoms with E-state index in [1.807, 2.05) is 7.05 Å². The molecule has 0 aliphatic carbocycles. The fraction of sp³-hybridized carbons (Fsp3) is 0.273. The van der Waals surface area contributed by atoms with Crippen molar-refractivity contribution in [3.8, 4) is 0 Å². The number of benzene rings is 1. The maximum Gasteiger partial charge on any atom is 0.209 e. The topological polar surface area (TPSA) is 29.0 Å². The maximum atomic E-state index is 4.08. The molecule has 0 N–H and O–H groups in total. The summed E-state index contributed by atoms with van der Waals surface area (Å²) in [5.41, 5.74) is 2.56. The summed E-state index contributed by atoms with van der Waals surface area (Å²) in [4.78, 5) is 2.09. The maximum absolute atomic E-state index is 4.08. The van der Waals surface area contributed by atoms with Gasteiger partial charge in [0.15, 0.2) is 3.92 Å². The number of anilines is 1. The Kier molecular flexibility index (Phi) is 3.56. The normalized spacial score (nSPS) is 10.4. The summed E-state index contributed by atoms with van der Waals surface area (Å²) in [6.07, 6.45) is 0. The van der Waals surface area contributed by atoms with Crippen LogP contribution in [-0.2, 0) is 6.54 Å². The third-order valence-corrected chi connectivity index (χ3v) is 3.73. The van der Waals surface area contributed by atoms with Crippen LogP contribution in [-0.4, -0.2) is 17.2 Å². The molecule has 0 aliphatic heterocycles. The first-order valence-corrected chi connectivity index (χ1v) is 6.52. The first kappa shape index (κ1) is 11.5. The fourth-order valence-corrected chi connectivity index (χ4v) is 2.44. The van der Waals surface area contributed by atoms with Gasteiger partial charge in [-0.2, -0.15) is 0 Å². The standard InChI is InChI=1S/C11H12BrN3S/c1-8-3-5-9(6-4-8)7-15(2)11-14-13-10(12)16-11/h3-6H,7H2,1-2H3. The molecule has 1 aromatic carbocycles. The molecule has 2 aromatic rings. The minimum Gasteiger partial charge on any atom is -0.345 e. The van der Waals surface area contributed by atoms with Gasteiger partial charge in [-0.15, -0.1) is 10.2 Å². The lowest BCUT2D eigenvalue weighted by molar-refractivity contribution is 0.891. The van der Waals surface area contributed by atoms with Gasteiger partial charge in [-0.05, 0) is 28.4 Å². The number of aryl methyl sites for hydroxylation is 1. The fourth-order valence-electron chi connectivity index (χ4n) is 1.39. The van der Waals surface area contributed by atoms with Crippen molar-refractivity contribution in [3.05, 3.63) is 39.3 Å². The van der Waals surface area contributed by atoms with Gasteiger partial charge in [-0.1, -0.05) is 41.2 Å². The van der Waals surface area contributed by atoms with Crippen LogP contribution in [0, 0.1) is 6.92 Å². The Morgan fingerprint density at radius 2 is 1.94 bits per heavy atom. The zero-order chi connectivity index (χ0) is 11.5. The molecule has 0 spiro atoms. The summed E-state index contributed by atoms with van der Waals surface area (Å²) in [5, 5.41) is 8.94. The minimum absolute atomic E-state index is 0.818. The van der Waals surface area contributed by atoms with E-state index < -0.39 is 0 Å². The van der Waals surface area contributed by atoms with Crippen LogP contribution in [0.5, 0.6) is 0 Å². The van der Waals surface area contributed by atoms with Crippen LogP contribution < -0.4 is 4.90 Å². The van der Waals surface area contributed by atoms with Crippen LogP contribution >= 0.6 is 27.3 Å². The minimum atomic E-state index is 0.818. The summed E-state index contributed by atoms with van der Waals surface area (Å²) >= 11 is 4.85. The van der Waals surface area contributed by atoms with Crippen LogP contribution in [0.3, 0.4) is 0 Å². The Labute approximate surface area is 107 Å². The van der Waals surface area contributed by atoms with Crippen LogP contribution in [0.25, 0.3) is 0 Å². The van der Waals surface area contributed by atoms with Crippen molar-refractivity contribution in [1.29, 1.82) is 0 Å². The van der Waals surface area contributed by atoms with Crippen molar-refractivity contribution in [2.75, 3.05) is 11.9 Å². The first-order chi connectivity index (χ1) is 7.65. The van der Waals surface area contributed by atoms with Gasteiger partial charge in [0.1, 0.15) is 0 Å². The number of hydrogen-bond donors (Lipinski definition) is 0. The lowest BCUT2D eigenvalue weighted by Crippen LogP contribution is -2.15. The van der Waals surface area contributed by atoms with Crippen molar-refractivity contribution in [2.45, 2.75) is 13.5 Å². The van der Waals surface area contributed by atoms with Crippen LogP contribution in [0.4, 0.5) is 5.13 Å². The molecule has 0 saturated carbocycles. The number of nitrogens with zero attached hydrogens (tertiary/aromatic N) is 3. The zero-order valence-corrected chi connectivity index (χ0v) is 11.5. The van der Waals surface area contributed by atoms with Gasteiger partial charge in [0.05, 0.1) is 0 Å². The van der Waals surface area contributed by atoms with E-state index >= 15 is 0 Å². The van der Waals surface area contributed by atoms with Crippen molar-refractivity contribution < 1.29 is 0 Å². The van der Waals surface area contributed by atoms with Gasteiger partial charge < -0.3 is 4.90 Å². The van der Waals surface area contributed by atoms with E-state index in [-0.39, 0.29) is 0 Å². The van der Waals surface area contributed by atoms with E-state index in [0.717, 1.165) is 15.6 Å². The molecule has 0 bridgehead atoms. The molecule has 3 nitrogen and oxygen atoms in total. The smallest absolute Gasteiger partial charge is 0.209 e. The lowest BCUT2D eigenvalue weighted by atomic mass is 10.1. The molecule has 0 fully saturated rings. The molecule has 2 rings (SSSR count). The van der Waals surface area contributed by atoms with E-state index in [9.17, 15) is 0 Å². The van der Waals surface area contributed by atoms with Gasteiger partial charge in [-0.25, -0.2) is 0 Å². The molecule has 16 heavy (non-hydrogen) atoms. The summed E-state index contributed by atoms with van der Waals surface area (Å²) in [6.45, 7) is 2.94. The van der Waals surface area contributed by atoms with E-state index in [1.54, 1.807) is 0 Å². The third kappa shape index (κ3) is 2.80. The predicted molar refractivity (Wildman–Crippen MR) is 70.9 cm³/mol. The van der Waals surface area contributed by atoms with Gasteiger partial charge >= 0.3 is 0 Å². The summed E-state index contributed by atoms with van der Waals surface area (Å²) in [7, 11) is 2.02. The lowest BCUT2D eigenvalue weighted by Gasteiger charge is -2.14. The average molecular weight is 298 g/mol. The highest BCUT2D eigenvalue weighted by Gasteiger charge is 2.07. The number of hydrogen-bond acceptors (Lipinski definition) is 4. The molecular formula is C11H12BrN3S. The second-order valence-electron chi connectivity index (χ2n) is 3.68. The SMILES string of the molecule is Cc1ccc(CN(C)c2nnc(Br)s2)cc1. The van der Waals surface area contributed by atoms with E-state index in [1.165, 1.54) is 22.5 Å². The molecule has 84 valence electrons. The highest BCUT2D eigenvalue weighted by atomic mass is 79.9. The quantitative estimate of drug-likeness (QED) is 0.871. The van der Waals surface area contributed by atoms with Gasteiger partial charge in [0.2, 0.25) is 5.13 Å². The van der Waals surface area contributed by atoms with Crippen LogP contribution in [0.15, 0.2) is 28.2 Å². The van der Waals surface area contributed by atoms with E-state index in [4.69, 9.17) is 0 Å². The molecule has 1 aromatic heterocycles.